The second-order valence-corrected chi connectivity index (χ2v) is 3.78. The number of carbonyl (C=O) groups excluding carboxylic acids is 1. The van der Waals surface area contributed by atoms with Gasteiger partial charge < -0.3 is 4.42 Å². The lowest BCUT2D eigenvalue weighted by atomic mass is 10.1. The zero-order valence-electron chi connectivity index (χ0n) is 7.54. The summed E-state index contributed by atoms with van der Waals surface area (Å²) < 4.78 is 19.1. The second kappa shape index (κ2) is 3.98. The molecule has 0 saturated heterocycles. The second-order valence-electron chi connectivity index (χ2n) is 2.92. The highest BCUT2D eigenvalue weighted by Gasteiger charge is 2.13. The van der Waals surface area contributed by atoms with Crippen LogP contribution in [0.1, 0.15) is 10.6 Å². The first-order valence-corrected chi connectivity index (χ1v) is 5.01. The quantitative estimate of drug-likeness (QED) is 0.779. The molecule has 0 aliphatic carbocycles. The number of rotatable bonds is 2. The minimum atomic E-state index is -0.384. The molecule has 1 heterocycles. The van der Waals surface area contributed by atoms with Crippen molar-refractivity contribution in [2.75, 3.05) is 0 Å². The molecule has 0 aliphatic heterocycles. The van der Waals surface area contributed by atoms with E-state index in [2.05, 4.69) is 15.9 Å². The maximum absolute atomic E-state index is 13.4. The fourth-order valence-corrected chi connectivity index (χ4v) is 1.79. The lowest BCUT2D eigenvalue weighted by Gasteiger charge is -1.98. The van der Waals surface area contributed by atoms with Crippen molar-refractivity contribution in [3.63, 3.8) is 0 Å². The predicted molar refractivity (Wildman–Crippen MR) is 57.2 cm³/mol. The number of halogens is 2. The van der Waals surface area contributed by atoms with Crippen molar-refractivity contribution >= 4 is 22.2 Å². The molecule has 0 atom stereocenters. The molecule has 1 aromatic heterocycles. The summed E-state index contributed by atoms with van der Waals surface area (Å²) in [7, 11) is 0. The Balaban J connectivity index is 2.58. The normalized spacial score (nSPS) is 10.3. The molecule has 0 spiro atoms. The first kappa shape index (κ1) is 10.1. The molecule has 1 aromatic carbocycles. The highest BCUT2D eigenvalue weighted by atomic mass is 79.9. The van der Waals surface area contributed by atoms with E-state index in [1.165, 1.54) is 12.1 Å². The third-order valence-corrected chi connectivity index (χ3v) is 2.53. The maximum Gasteiger partial charge on any atom is 0.185 e. The summed E-state index contributed by atoms with van der Waals surface area (Å²) in [6.45, 7) is 0. The van der Waals surface area contributed by atoms with E-state index < -0.39 is 0 Å². The molecule has 2 aromatic rings. The molecule has 0 aliphatic rings. The van der Waals surface area contributed by atoms with Crippen molar-refractivity contribution in [3.05, 3.63) is 46.4 Å². The van der Waals surface area contributed by atoms with E-state index in [0.29, 0.717) is 22.1 Å². The molecular weight excluding hydrogens is 263 g/mol. The van der Waals surface area contributed by atoms with Crippen LogP contribution in [0.5, 0.6) is 0 Å². The van der Waals surface area contributed by atoms with Crippen molar-refractivity contribution in [2.24, 2.45) is 0 Å². The minimum absolute atomic E-state index is 0.167. The number of hydrogen-bond donors (Lipinski definition) is 0. The molecule has 0 saturated carbocycles. The van der Waals surface area contributed by atoms with Gasteiger partial charge in [0.25, 0.3) is 0 Å². The predicted octanol–water partition coefficient (Wildman–Crippen LogP) is 3.66. The summed E-state index contributed by atoms with van der Waals surface area (Å²) in [4.78, 5) is 10.5. The Bertz CT molecular complexity index is 505. The molecule has 15 heavy (non-hydrogen) atoms. The minimum Gasteiger partial charge on any atom is -0.452 e. The van der Waals surface area contributed by atoms with E-state index in [-0.39, 0.29) is 11.6 Å². The van der Waals surface area contributed by atoms with Crippen molar-refractivity contribution < 1.29 is 13.6 Å². The van der Waals surface area contributed by atoms with Gasteiger partial charge in [0.1, 0.15) is 5.82 Å². The van der Waals surface area contributed by atoms with E-state index in [4.69, 9.17) is 4.42 Å². The van der Waals surface area contributed by atoms with E-state index in [9.17, 15) is 9.18 Å². The first-order chi connectivity index (χ1) is 7.22. The number of aldehydes is 1. The van der Waals surface area contributed by atoms with Crippen molar-refractivity contribution in [1.82, 2.24) is 0 Å². The number of furan rings is 1. The topological polar surface area (TPSA) is 30.2 Å². The standard InChI is InChI=1S/C11H6BrFO2/c12-9-5-7(6-14)15-11(9)8-3-1-2-4-10(8)13/h1-6H. The summed E-state index contributed by atoms with van der Waals surface area (Å²) in [5.41, 5.74) is 0.331. The van der Waals surface area contributed by atoms with Gasteiger partial charge >= 0.3 is 0 Å². The van der Waals surface area contributed by atoms with Crippen LogP contribution in [-0.2, 0) is 0 Å². The molecule has 0 fully saturated rings. The molecule has 0 radical (unpaired) electrons. The van der Waals surface area contributed by atoms with Gasteiger partial charge in [-0.15, -0.1) is 0 Å². The van der Waals surface area contributed by atoms with Gasteiger partial charge in [0, 0.05) is 6.07 Å². The Kier molecular flexibility index (Phi) is 2.68. The fraction of sp³-hybridized carbons (Fsp3) is 0. The average Bonchev–Trinajstić information content (AvgIpc) is 2.60. The largest absolute Gasteiger partial charge is 0.452 e. The van der Waals surface area contributed by atoms with E-state index in [0.717, 1.165) is 0 Å². The Hall–Kier alpha value is -1.42. The molecule has 76 valence electrons. The Morgan fingerprint density at radius 2 is 2.07 bits per heavy atom. The van der Waals surface area contributed by atoms with Gasteiger partial charge in [-0.2, -0.15) is 0 Å². The number of hydrogen-bond acceptors (Lipinski definition) is 2. The van der Waals surface area contributed by atoms with Crippen molar-refractivity contribution in [2.45, 2.75) is 0 Å². The molecule has 0 bridgehead atoms. The van der Waals surface area contributed by atoms with Gasteiger partial charge in [-0.3, -0.25) is 4.79 Å². The fourth-order valence-electron chi connectivity index (χ4n) is 1.27. The van der Waals surface area contributed by atoms with Crippen LogP contribution in [0.15, 0.2) is 39.2 Å². The van der Waals surface area contributed by atoms with Crippen LogP contribution in [0.4, 0.5) is 4.39 Å². The highest BCUT2D eigenvalue weighted by molar-refractivity contribution is 9.10. The monoisotopic (exact) mass is 268 g/mol. The molecule has 0 amide bonds. The van der Waals surface area contributed by atoms with Crippen LogP contribution >= 0.6 is 15.9 Å². The smallest absolute Gasteiger partial charge is 0.185 e. The van der Waals surface area contributed by atoms with E-state index >= 15 is 0 Å². The summed E-state index contributed by atoms with van der Waals surface area (Å²) >= 11 is 3.21. The first-order valence-electron chi connectivity index (χ1n) is 4.22. The SMILES string of the molecule is O=Cc1cc(Br)c(-c2ccccc2F)o1. The Morgan fingerprint density at radius 3 is 2.67 bits per heavy atom. The van der Waals surface area contributed by atoms with Crippen LogP contribution in [0, 0.1) is 5.82 Å². The molecule has 4 heteroatoms. The van der Waals surface area contributed by atoms with Crippen LogP contribution in [-0.4, -0.2) is 6.29 Å². The third-order valence-electron chi connectivity index (χ3n) is 1.94. The average molecular weight is 269 g/mol. The molecule has 0 N–H and O–H groups in total. The molecular formula is C11H6BrFO2. The van der Waals surface area contributed by atoms with Crippen molar-refractivity contribution in [3.8, 4) is 11.3 Å². The highest BCUT2D eigenvalue weighted by Crippen LogP contribution is 2.32. The van der Waals surface area contributed by atoms with E-state index in [1.54, 1.807) is 18.2 Å². The van der Waals surface area contributed by atoms with Gasteiger partial charge in [0.05, 0.1) is 10.0 Å². The lowest BCUT2D eigenvalue weighted by molar-refractivity contribution is 0.110. The van der Waals surface area contributed by atoms with Gasteiger partial charge in [0.2, 0.25) is 0 Å². The molecule has 0 unspecified atom stereocenters. The van der Waals surface area contributed by atoms with E-state index in [1.807, 2.05) is 0 Å². The summed E-state index contributed by atoms with van der Waals surface area (Å²) in [5, 5.41) is 0. The zero-order valence-corrected chi connectivity index (χ0v) is 9.12. The zero-order chi connectivity index (χ0) is 10.8. The van der Waals surface area contributed by atoms with Crippen molar-refractivity contribution in [1.29, 1.82) is 0 Å². The van der Waals surface area contributed by atoms with Gasteiger partial charge in [-0.25, -0.2) is 4.39 Å². The van der Waals surface area contributed by atoms with Gasteiger partial charge in [-0.1, -0.05) is 12.1 Å². The van der Waals surface area contributed by atoms with Gasteiger partial charge in [-0.05, 0) is 28.1 Å². The third kappa shape index (κ3) is 1.85. The summed E-state index contributed by atoms with van der Waals surface area (Å²) in [6, 6.07) is 7.73. The number of benzene rings is 1. The van der Waals surface area contributed by atoms with Crippen LogP contribution in [0.2, 0.25) is 0 Å². The molecule has 2 rings (SSSR count). The number of carbonyl (C=O) groups is 1. The van der Waals surface area contributed by atoms with Crippen LogP contribution in [0.3, 0.4) is 0 Å². The Labute approximate surface area is 93.8 Å². The maximum atomic E-state index is 13.4. The van der Waals surface area contributed by atoms with Crippen LogP contribution < -0.4 is 0 Å². The summed E-state index contributed by atoms with van der Waals surface area (Å²) in [5.74, 6) is 0.111. The molecule has 2 nitrogen and oxygen atoms in total. The van der Waals surface area contributed by atoms with Gasteiger partial charge in [0.15, 0.2) is 17.8 Å². The Morgan fingerprint density at radius 1 is 1.33 bits per heavy atom. The summed E-state index contributed by atoms with van der Waals surface area (Å²) in [6.07, 6.45) is 0.578. The van der Waals surface area contributed by atoms with Crippen LogP contribution in [0.25, 0.3) is 11.3 Å². The lowest BCUT2D eigenvalue weighted by Crippen LogP contribution is -1.81.